The average Bonchev–Trinajstić information content (AvgIpc) is 3.33. The van der Waals surface area contributed by atoms with E-state index in [9.17, 15) is 4.79 Å². The van der Waals surface area contributed by atoms with Crippen LogP contribution in [0.2, 0.25) is 0 Å². The van der Waals surface area contributed by atoms with E-state index in [1.807, 2.05) is 0 Å². The van der Waals surface area contributed by atoms with Gasteiger partial charge in [-0.2, -0.15) is 5.10 Å². The summed E-state index contributed by atoms with van der Waals surface area (Å²) in [6.07, 6.45) is 13.6. The number of nitrogens with one attached hydrogen (secondary N) is 1. The smallest absolute Gasteiger partial charge is 0.253 e. The van der Waals surface area contributed by atoms with Gasteiger partial charge in [0.15, 0.2) is 0 Å². The molecule has 0 spiro atoms. The lowest BCUT2D eigenvalue weighted by atomic mass is 9.89. The highest BCUT2D eigenvalue weighted by Crippen LogP contribution is 2.41. The summed E-state index contributed by atoms with van der Waals surface area (Å²) in [5.41, 5.74) is 4.67. The molecule has 5 rings (SSSR count). The number of aromatic nitrogens is 3. The predicted molar refractivity (Wildman–Crippen MR) is 113 cm³/mol. The molecule has 1 atom stereocenters. The third kappa shape index (κ3) is 2.94. The summed E-state index contributed by atoms with van der Waals surface area (Å²) in [5, 5.41) is 6.46. The van der Waals surface area contributed by atoms with Crippen LogP contribution in [0.5, 0.6) is 0 Å². The number of likely N-dealkylation sites (tertiary alicyclic amines) is 1. The van der Waals surface area contributed by atoms with E-state index < -0.39 is 0 Å². The number of H-pyrrole nitrogens is 1. The molecule has 2 aromatic heterocycles. The fraction of sp³-hybridized carbons (Fsp3) is 0.739. The summed E-state index contributed by atoms with van der Waals surface area (Å²) in [7, 11) is 0. The molecule has 5 heteroatoms. The minimum Gasteiger partial charge on any atom is -0.307 e. The zero-order valence-electron chi connectivity index (χ0n) is 17.5. The molecule has 2 aliphatic carbocycles. The second-order valence-electron chi connectivity index (χ2n) is 9.45. The van der Waals surface area contributed by atoms with Crippen LogP contribution in [0.15, 0.2) is 4.79 Å². The van der Waals surface area contributed by atoms with Crippen LogP contribution in [0.4, 0.5) is 0 Å². The van der Waals surface area contributed by atoms with Gasteiger partial charge >= 0.3 is 0 Å². The monoisotopic (exact) mass is 382 g/mol. The maximum absolute atomic E-state index is 12.8. The maximum atomic E-state index is 12.8. The molecule has 0 radical (unpaired) electrons. The topological polar surface area (TPSA) is 53.9 Å². The number of aromatic amines is 1. The van der Waals surface area contributed by atoms with Crippen LogP contribution in [-0.2, 0) is 12.8 Å². The Hall–Kier alpha value is -1.62. The number of fused-ring (bicyclic) bond motifs is 3. The van der Waals surface area contributed by atoms with E-state index in [4.69, 9.17) is 5.10 Å². The summed E-state index contributed by atoms with van der Waals surface area (Å²) in [6, 6.07) is 1.39. The molecule has 1 unspecified atom stereocenters. The van der Waals surface area contributed by atoms with Crippen LogP contribution in [0.1, 0.15) is 101 Å². The van der Waals surface area contributed by atoms with Gasteiger partial charge in [-0.3, -0.25) is 9.69 Å². The summed E-state index contributed by atoms with van der Waals surface area (Å²) in [6.45, 7) is 5.54. The largest absolute Gasteiger partial charge is 0.307 e. The van der Waals surface area contributed by atoms with E-state index in [1.165, 1.54) is 74.6 Å². The van der Waals surface area contributed by atoms with E-state index in [0.29, 0.717) is 6.04 Å². The van der Waals surface area contributed by atoms with Crippen LogP contribution in [-0.4, -0.2) is 32.3 Å². The molecule has 3 heterocycles. The van der Waals surface area contributed by atoms with Crippen molar-refractivity contribution in [2.75, 3.05) is 6.54 Å². The van der Waals surface area contributed by atoms with Gasteiger partial charge in [-0.25, -0.2) is 4.68 Å². The molecule has 1 aliphatic heterocycles. The van der Waals surface area contributed by atoms with Crippen LogP contribution in [0.3, 0.4) is 0 Å². The molecular formula is C23H34N4O. The Morgan fingerprint density at radius 2 is 1.71 bits per heavy atom. The molecule has 152 valence electrons. The molecule has 1 N–H and O–H groups in total. The first-order chi connectivity index (χ1) is 13.6. The fourth-order valence-corrected chi connectivity index (χ4v) is 6.02. The summed E-state index contributed by atoms with van der Waals surface area (Å²) in [4.78, 5) is 18.8. The first-order valence-corrected chi connectivity index (χ1v) is 11.6. The SMILES string of the molecule is CC(C)n1nc(C2CCCN2C2CCCCC2)c2c3c(c(=O)[nH]c21)CCCC3. The molecule has 2 fully saturated rings. The third-order valence-corrected chi connectivity index (χ3v) is 7.36. The van der Waals surface area contributed by atoms with Gasteiger partial charge < -0.3 is 4.98 Å². The first-order valence-electron chi connectivity index (χ1n) is 11.6. The Morgan fingerprint density at radius 3 is 2.46 bits per heavy atom. The number of aryl methyl sites for hydroxylation is 1. The van der Waals surface area contributed by atoms with Crippen molar-refractivity contribution in [3.05, 3.63) is 27.2 Å². The summed E-state index contributed by atoms with van der Waals surface area (Å²) < 4.78 is 2.08. The lowest BCUT2D eigenvalue weighted by molar-refractivity contribution is 0.140. The molecule has 5 nitrogen and oxygen atoms in total. The Bertz CT molecular complexity index is 919. The normalized spacial score (nSPS) is 24.3. The van der Waals surface area contributed by atoms with Gasteiger partial charge in [-0.1, -0.05) is 19.3 Å². The van der Waals surface area contributed by atoms with Crippen LogP contribution >= 0.6 is 0 Å². The molecule has 0 amide bonds. The second-order valence-corrected chi connectivity index (χ2v) is 9.45. The van der Waals surface area contributed by atoms with Gasteiger partial charge in [0.1, 0.15) is 5.65 Å². The van der Waals surface area contributed by atoms with Crippen molar-refractivity contribution in [2.24, 2.45) is 0 Å². The third-order valence-electron chi connectivity index (χ3n) is 7.36. The van der Waals surface area contributed by atoms with Crippen molar-refractivity contribution in [1.29, 1.82) is 0 Å². The molecule has 1 saturated heterocycles. The van der Waals surface area contributed by atoms with E-state index in [2.05, 4.69) is 28.4 Å². The zero-order chi connectivity index (χ0) is 19.3. The lowest BCUT2D eigenvalue weighted by Gasteiger charge is -2.35. The number of rotatable bonds is 3. The van der Waals surface area contributed by atoms with Crippen LogP contribution in [0, 0.1) is 0 Å². The van der Waals surface area contributed by atoms with Gasteiger partial charge in [0.05, 0.1) is 11.7 Å². The van der Waals surface area contributed by atoms with Crippen molar-refractivity contribution in [3.8, 4) is 0 Å². The number of hydrogen-bond acceptors (Lipinski definition) is 3. The Morgan fingerprint density at radius 1 is 0.964 bits per heavy atom. The number of hydrogen-bond donors (Lipinski definition) is 1. The van der Waals surface area contributed by atoms with Gasteiger partial charge in [0.2, 0.25) is 0 Å². The summed E-state index contributed by atoms with van der Waals surface area (Å²) >= 11 is 0. The number of pyridine rings is 1. The first kappa shape index (κ1) is 18.4. The summed E-state index contributed by atoms with van der Waals surface area (Å²) in [5.74, 6) is 0. The Kier molecular flexibility index (Phi) is 4.82. The van der Waals surface area contributed by atoms with E-state index in [0.717, 1.165) is 36.5 Å². The standard InChI is InChI=1S/C23H34N4O/c1-15(2)27-22-20(17-11-6-7-12-18(17)23(28)24-22)21(25-27)19-13-8-14-26(19)16-9-4-3-5-10-16/h15-16,19H,3-14H2,1-2H3,(H,24,28). The van der Waals surface area contributed by atoms with Crippen molar-refractivity contribution < 1.29 is 0 Å². The highest BCUT2D eigenvalue weighted by atomic mass is 16.1. The van der Waals surface area contributed by atoms with Crippen molar-refractivity contribution in [2.45, 2.75) is 103 Å². The van der Waals surface area contributed by atoms with Crippen molar-refractivity contribution in [3.63, 3.8) is 0 Å². The minimum absolute atomic E-state index is 0.117. The van der Waals surface area contributed by atoms with Crippen molar-refractivity contribution in [1.82, 2.24) is 19.7 Å². The van der Waals surface area contributed by atoms with Gasteiger partial charge in [0, 0.05) is 23.0 Å². The molecule has 0 bridgehead atoms. The van der Waals surface area contributed by atoms with E-state index in [1.54, 1.807) is 0 Å². The van der Waals surface area contributed by atoms with E-state index in [-0.39, 0.29) is 11.6 Å². The highest BCUT2D eigenvalue weighted by molar-refractivity contribution is 5.84. The minimum atomic E-state index is 0.117. The second kappa shape index (κ2) is 7.33. The number of nitrogens with zero attached hydrogens (tertiary/aromatic N) is 3. The van der Waals surface area contributed by atoms with Gasteiger partial charge in [0.25, 0.3) is 5.56 Å². The van der Waals surface area contributed by atoms with Gasteiger partial charge in [-0.05, 0) is 77.3 Å². The van der Waals surface area contributed by atoms with E-state index >= 15 is 0 Å². The molecule has 1 saturated carbocycles. The van der Waals surface area contributed by atoms with Crippen molar-refractivity contribution >= 4 is 11.0 Å². The molecular weight excluding hydrogens is 348 g/mol. The van der Waals surface area contributed by atoms with Crippen LogP contribution in [0.25, 0.3) is 11.0 Å². The highest BCUT2D eigenvalue weighted by Gasteiger charge is 2.36. The lowest BCUT2D eigenvalue weighted by Crippen LogP contribution is -2.36. The molecule has 3 aliphatic rings. The zero-order valence-corrected chi connectivity index (χ0v) is 17.5. The van der Waals surface area contributed by atoms with Gasteiger partial charge in [-0.15, -0.1) is 0 Å². The average molecular weight is 383 g/mol. The Balaban J connectivity index is 1.67. The molecule has 0 aromatic carbocycles. The molecule has 28 heavy (non-hydrogen) atoms. The molecule has 2 aromatic rings. The maximum Gasteiger partial charge on any atom is 0.253 e. The Labute approximate surface area is 167 Å². The van der Waals surface area contributed by atoms with Crippen LogP contribution < -0.4 is 5.56 Å². The quantitative estimate of drug-likeness (QED) is 0.840. The predicted octanol–water partition coefficient (Wildman–Crippen LogP) is 4.65. The fourth-order valence-electron chi connectivity index (χ4n) is 6.02.